The molecule has 0 saturated heterocycles. The van der Waals surface area contributed by atoms with E-state index in [0.29, 0.717) is 5.75 Å². The molecule has 45 heavy (non-hydrogen) atoms. The minimum Gasteiger partial charge on any atom is -0.481 e. The average Bonchev–Trinajstić information content (AvgIpc) is 2.94. The number of carboxylic acid groups (broad SMARTS) is 2. The highest BCUT2D eigenvalue weighted by Gasteiger charge is 2.31. The van der Waals surface area contributed by atoms with Gasteiger partial charge in [-0.15, -0.1) is 0 Å². The zero-order valence-corrected chi connectivity index (χ0v) is 25.6. The van der Waals surface area contributed by atoms with Crippen LogP contribution in [0.4, 0.5) is 0 Å². The second kappa shape index (κ2) is 20.5. The molecular formula is C24H40N8O12S. The molecule has 254 valence electrons. The Morgan fingerprint density at radius 2 is 1.24 bits per heavy atom. The molecule has 0 aliphatic rings. The van der Waals surface area contributed by atoms with Gasteiger partial charge in [0, 0.05) is 0 Å². The minimum atomic E-state index is -1.79. The number of hydrogen-bond donors (Lipinski definition) is 11. The van der Waals surface area contributed by atoms with Gasteiger partial charge in [0.15, 0.2) is 0 Å². The van der Waals surface area contributed by atoms with Crippen LogP contribution in [-0.2, 0) is 43.2 Å². The number of thioether (sulfide) groups is 1. The number of nitrogens with one attached hydrogen (secondary N) is 6. The maximum atomic E-state index is 12.7. The molecule has 0 aliphatic heterocycles. The topological polar surface area (TPSA) is 339 Å². The standard InChI is InChI=1S/C24H40N8O12S/c1-10(28-21(40)12(25)6-16(26)34)19(38)27-8-17(35)30-14(7-18(36)37)22(41)32-15(9-33)23(42)29-11(2)20(39)31-13(24(43)44)4-5-45-3/h10-15,33H,4-9,25H2,1-3H3,(H2,26,34)(H,27,38)(H,28,40)(H,29,42)(H,30,35)(H,31,39)(H,32,41)(H,36,37)(H,43,44)/t10-,11-,12-,13-,14-,15-/m0/s1. The summed E-state index contributed by atoms with van der Waals surface area (Å²) in [6.45, 7) is 0.679. The lowest BCUT2D eigenvalue weighted by molar-refractivity contribution is -0.142. The van der Waals surface area contributed by atoms with Gasteiger partial charge in [0.2, 0.25) is 41.4 Å². The Bertz CT molecular complexity index is 1120. The van der Waals surface area contributed by atoms with Crippen LogP contribution < -0.4 is 43.4 Å². The fourth-order valence-electron chi connectivity index (χ4n) is 3.28. The first-order chi connectivity index (χ1) is 20.9. The van der Waals surface area contributed by atoms with Crippen LogP contribution in [0.1, 0.15) is 33.1 Å². The smallest absolute Gasteiger partial charge is 0.326 e. The average molecular weight is 665 g/mol. The van der Waals surface area contributed by atoms with E-state index in [-0.39, 0.29) is 6.42 Å². The first kappa shape index (κ1) is 40.5. The highest BCUT2D eigenvalue weighted by atomic mass is 32.2. The first-order valence-corrected chi connectivity index (χ1v) is 14.7. The summed E-state index contributed by atoms with van der Waals surface area (Å²) in [5, 5.41) is 41.0. The molecule has 0 bridgehead atoms. The lowest BCUT2D eigenvalue weighted by atomic mass is 10.1. The predicted molar refractivity (Wildman–Crippen MR) is 156 cm³/mol. The van der Waals surface area contributed by atoms with E-state index in [1.807, 2.05) is 0 Å². The van der Waals surface area contributed by atoms with E-state index in [1.165, 1.54) is 25.6 Å². The summed E-state index contributed by atoms with van der Waals surface area (Å²) in [5.41, 5.74) is 10.4. The minimum absolute atomic E-state index is 0.112. The molecule has 0 aromatic carbocycles. The molecule has 20 nitrogen and oxygen atoms in total. The zero-order chi connectivity index (χ0) is 34.9. The number of hydrogen-bond acceptors (Lipinski definition) is 12. The maximum Gasteiger partial charge on any atom is 0.326 e. The molecule has 0 fully saturated rings. The van der Waals surface area contributed by atoms with Crippen molar-refractivity contribution in [3.05, 3.63) is 0 Å². The molecule has 7 amide bonds. The molecule has 6 atom stereocenters. The van der Waals surface area contributed by atoms with Gasteiger partial charge in [0.25, 0.3) is 0 Å². The summed E-state index contributed by atoms with van der Waals surface area (Å²) in [6, 6.07) is -8.56. The van der Waals surface area contributed by atoms with E-state index in [2.05, 4.69) is 31.9 Å². The molecule has 0 aromatic heterocycles. The fourth-order valence-corrected chi connectivity index (χ4v) is 3.75. The monoisotopic (exact) mass is 664 g/mol. The van der Waals surface area contributed by atoms with Crippen LogP contribution in [0.5, 0.6) is 0 Å². The van der Waals surface area contributed by atoms with Gasteiger partial charge in [0.1, 0.15) is 30.2 Å². The third-order valence-corrected chi connectivity index (χ3v) is 6.40. The molecule has 0 rings (SSSR count). The van der Waals surface area contributed by atoms with Crippen LogP contribution >= 0.6 is 11.8 Å². The van der Waals surface area contributed by atoms with Crippen molar-refractivity contribution >= 4 is 65.1 Å². The Morgan fingerprint density at radius 1 is 0.711 bits per heavy atom. The van der Waals surface area contributed by atoms with Crippen LogP contribution in [0.3, 0.4) is 0 Å². The molecule has 13 N–H and O–H groups in total. The number of aliphatic carboxylic acids is 2. The predicted octanol–water partition coefficient (Wildman–Crippen LogP) is -5.93. The van der Waals surface area contributed by atoms with Crippen LogP contribution in [0.15, 0.2) is 0 Å². The summed E-state index contributed by atoms with van der Waals surface area (Å²) in [7, 11) is 0. The van der Waals surface area contributed by atoms with Gasteiger partial charge in [-0.05, 0) is 32.3 Å². The quantitative estimate of drug-likeness (QED) is 0.0544. The summed E-state index contributed by atoms with van der Waals surface area (Å²) in [6.07, 6.45) is 0.410. The highest BCUT2D eigenvalue weighted by molar-refractivity contribution is 7.98. The Hall–Kier alpha value is -4.50. The zero-order valence-electron chi connectivity index (χ0n) is 24.8. The summed E-state index contributed by atoms with van der Waals surface area (Å²) < 4.78 is 0. The number of nitrogens with two attached hydrogens (primary N) is 2. The third kappa shape index (κ3) is 16.2. The van der Waals surface area contributed by atoms with E-state index in [4.69, 9.17) is 16.6 Å². The van der Waals surface area contributed by atoms with Gasteiger partial charge in [-0.3, -0.25) is 38.4 Å². The number of carboxylic acids is 2. The van der Waals surface area contributed by atoms with E-state index < -0.39 is 116 Å². The van der Waals surface area contributed by atoms with Crippen LogP contribution in [0.25, 0.3) is 0 Å². The van der Waals surface area contributed by atoms with Gasteiger partial charge in [-0.2, -0.15) is 11.8 Å². The number of aliphatic hydroxyl groups excluding tert-OH is 1. The molecule has 0 spiro atoms. The van der Waals surface area contributed by atoms with Crippen molar-refractivity contribution in [1.82, 2.24) is 31.9 Å². The number of rotatable bonds is 21. The number of aliphatic hydroxyl groups is 1. The van der Waals surface area contributed by atoms with Crippen molar-refractivity contribution in [1.29, 1.82) is 0 Å². The van der Waals surface area contributed by atoms with Crippen molar-refractivity contribution < 1.29 is 58.5 Å². The second-order valence-electron chi connectivity index (χ2n) is 9.60. The molecule has 21 heteroatoms. The SMILES string of the molecule is CSCC[C@H](NC(=O)[C@H](C)NC(=O)[C@H](CO)NC(=O)[C@H](CC(=O)O)NC(=O)CNC(=O)[C@H](C)NC(=O)[C@@H](N)CC(N)=O)C(=O)O. The van der Waals surface area contributed by atoms with Gasteiger partial charge < -0.3 is 58.7 Å². The van der Waals surface area contributed by atoms with Crippen molar-refractivity contribution in [3.8, 4) is 0 Å². The Labute approximate surface area is 261 Å². The summed E-state index contributed by atoms with van der Waals surface area (Å²) >= 11 is 1.36. The molecular weight excluding hydrogens is 624 g/mol. The number of amides is 7. The normalized spacial score (nSPS) is 14.6. The van der Waals surface area contributed by atoms with Gasteiger partial charge in [0.05, 0.1) is 32.0 Å². The number of primary amides is 1. The Kier molecular flexibility index (Phi) is 18.4. The molecule has 0 saturated carbocycles. The largest absolute Gasteiger partial charge is 0.481 e. The van der Waals surface area contributed by atoms with E-state index in [9.17, 15) is 53.4 Å². The fraction of sp³-hybridized carbons (Fsp3) is 0.625. The number of carbonyl (C=O) groups excluding carboxylic acids is 7. The van der Waals surface area contributed by atoms with Gasteiger partial charge in [-0.1, -0.05) is 0 Å². The first-order valence-electron chi connectivity index (χ1n) is 13.3. The Morgan fingerprint density at radius 3 is 1.76 bits per heavy atom. The van der Waals surface area contributed by atoms with Crippen LogP contribution in [0.2, 0.25) is 0 Å². The molecule has 0 aromatic rings. The second-order valence-corrected chi connectivity index (χ2v) is 10.6. The van der Waals surface area contributed by atoms with Crippen molar-refractivity contribution in [2.24, 2.45) is 11.5 Å². The van der Waals surface area contributed by atoms with E-state index >= 15 is 0 Å². The maximum absolute atomic E-state index is 12.7. The van der Waals surface area contributed by atoms with E-state index in [0.717, 1.165) is 0 Å². The molecule has 0 heterocycles. The third-order valence-electron chi connectivity index (χ3n) is 5.76. The Balaban J connectivity index is 5.18. The lowest BCUT2D eigenvalue weighted by Crippen LogP contribution is -2.59. The number of carbonyl (C=O) groups is 9. The summed E-state index contributed by atoms with van der Waals surface area (Å²) in [5.74, 6) is -9.17. The highest BCUT2D eigenvalue weighted by Crippen LogP contribution is 2.02. The van der Waals surface area contributed by atoms with Gasteiger partial charge >= 0.3 is 11.9 Å². The van der Waals surface area contributed by atoms with Crippen molar-refractivity contribution in [2.75, 3.05) is 25.2 Å². The van der Waals surface area contributed by atoms with Crippen LogP contribution in [-0.4, -0.2) is 130 Å². The van der Waals surface area contributed by atoms with Crippen molar-refractivity contribution in [3.63, 3.8) is 0 Å². The lowest BCUT2D eigenvalue weighted by Gasteiger charge is -2.23. The molecule has 0 aliphatic carbocycles. The van der Waals surface area contributed by atoms with E-state index in [1.54, 1.807) is 6.26 Å². The molecule has 0 unspecified atom stereocenters. The summed E-state index contributed by atoms with van der Waals surface area (Å²) in [4.78, 5) is 108. The molecule has 0 radical (unpaired) electrons. The van der Waals surface area contributed by atoms with Crippen LogP contribution in [0, 0.1) is 0 Å². The van der Waals surface area contributed by atoms with Crippen molar-refractivity contribution in [2.45, 2.75) is 69.4 Å². The van der Waals surface area contributed by atoms with Gasteiger partial charge in [-0.25, -0.2) is 4.79 Å².